The van der Waals surface area contributed by atoms with Gasteiger partial charge in [0.1, 0.15) is 4.83 Å². The Morgan fingerprint density at radius 1 is 1.44 bits per heavy atom. The SMILES string of the molecule is Cc1c(C=O)sc2[nH]c(=O)n(C3C[C@@H]3C)c(=O)c12. The van der Waals surface area contributed by atoms with E-state index in [1.807, 2.05) is 6.92 Å². The molecule has 0 amide bonds. The van der Waals surface area contributed by atoms with E-state index in [1.54, 1.807) is 6.92 Å². The van der Waals surface area contributed by atoms with Crippen LogP contribution < -0.4 is 11.2 Å². The number of carbonyl (C=O) groups is 1. The van der Waals surface area contributed by atoms with E-state index in [2.05, 4.69) is 4.98 Å². The molecule has 0 aliphatic heterocycles. The smallest absolute Gasteiger partial charge is 0.298 e. The van der Waals surface area contributed by atoms with Gasteiger partial charge >= 0.3 is 5.69 Å². The Morgan fingerprint density at radius 3 is 2.67 bits per heavy atom. The summed E-state index contributed by atoms with van der Waals surface area (Å²) in [6.07, 6.45) is 1.58. The fraction of sp³-hybridized carbons (Fsp3) is 0.417. The highest BCUT2D eigenvalue weighted by Gasteiger charge is 2.37. The number of aldehydes is 1. The Labute approximate surface area is 106 Å². The predicted molar refractivity (Wildman–Crippen MR) is 69.6 cm³/mol. The maximum atomic E-state index is 12.4. The van der Waals surface area contributed by atoms with Crippen molar-refractivity contribution in [2.24, 2.45) is 5.92 Å². The first-order chi connectivity index (χ1) is 8.54. The Bertz CT molecular complexity index is 768. The zero-order valence-electron chi connectivity index (χ0n) is 10.0. The van der Waals surface area contributed by atoms with Gasteiger partial charge < -0.3 is 0 Å². The van der Waals surface area contributed by atoms with Crippen molar-refractivity contribution in [2.75, 3.05) is 0 Å². The molecule has 1 aliphatic carbocycles. The number of hydrogen-bond donors (Lipinski definition) is 1. The topological polar surface area (TPSA) is 71.9 Å². The summed E-state index contributed by atoms with van der Waals surface area (Å²) in [5.74, 6) is 0.366. The maximum Gasteiger partial charge on any atom is 0.329 e. The summed E-state index contributed by atoms with van der Waals surface area (Å²) in [6, 6.07) is 0.00429. The van der Waals surface area contributed by atoms with E-state index in [4.69, 9.17) is 0 Å². The molecule has 18 heavy (non-hydrogen) atoms. The predicted octanol–water partition coefficient (Wildman–Crippen LogP) is 1.45. The first kappa shape index (κ1) is 11.4. The minimum atomic E-state index is -0.374. The summed E-state index contributed by atoms with van der Waals surface area (Å²) in [7, 11) is 0. The standard InChI is InChI=1S/C12H12N2O3S/c1-5-3-7(5)14-11(16)9-6(2)8(4-15)18-10(9)13-12(14)17/h4-5,7H,3H2,1-2H3,(H,13,17)/t5-,7?/m0/s1. The Hall–Kier alpha value is -1.69. The van der Waals surface area contributed by atoms with E-state index in [0.29, 0.717) is 26.6 Å². The molecule has 1 unspecified atom stereocenters. The lowest BCUT2D eigenvalue weighted by Crippen LogP contribution is -2.34. The number of aromatic nitrogens is 2. The number of nitrogens with zero attached hydrogens (tertiary/aromatic N) is 1. The van der Waals surface area contributed by atoms with Crippen LogP contribution in [0.2, 0.25) is 0 Å². The normalized spacial score (nSPS) is 22.3. The van der Waals surface area contributed by atoms with Crippen molar-refractivity contribution in [3.05, 3.63) is 31.3 Å². The number of rotatable bonds is 2. The third-order valence-corrected chi connectivity index (χ3v) is 4.69. The van der Waals surface area contributed by atoms with Crippen LogP contribution in [0.5, 0.6) is 0 Å². The van der Waals surface area contributed by atoms with Crippen LogP contribution >= 0.6 is 11.3 Å². The van der Waals surface area contributed by atoms with Gasteiger partial charge in [-0.15, -0.1) is 11.3 Å². The van der Waals surface area contributed by atoms with Crippen LogP contribution in [0, 0.1) is 12.8 Å². The van der Waals surface area contributed by atoms with Gasteiger partial charge in [-0.05, 0) is 24.8 Å². The average molecular weight is 264 g/mol. The summed E-state index contributed by atoms with van der Waals surface area (Å²) < 4.78 is 1.29. The molecule has 0 saturated heterocycles. The minimum absolute atomic E-state index is 0.00429. The van der Waals surface area contributed by atoms with Crippen LogP contribution in [0.4, 0.5) is 0 Å². The van der Waals surface area contributed by atoms with Crippen molar-refractivity contribution in [2.45, 2.75) is 26.3 Å². The Kier molecular flexibility index (Phi) is 2.31. The molecule has 1 aliphatic rings. The molecule has 1 fully saturated rings. The molecule has 0 bridgehead atoms. The van der Waals surface area contributed by atoms with Crippen molar-refractivity contribution in [1.82, 2.24) is 9.55 Å². The van der Waals surface area contributed by atoms with Gasteiger partial charge in [-0.25, -0.2) is 4.79 Å². The average Bonchev–Trinajstić information content (AvgIpc) is 2.91. The van der Waals surface area contributed by atoms with Crippen LogP contribution in [0.25, 0.3) is 10.2 Å². The molecular weight excluding hydrogens is 252 g/mol. The molecule has 0 spiro atoms. The van der Waals surface area contributed by atoms with Crippen molar-refractivity contribution in [3.63, 3.8) is 0 Å². The first-order valence-corrected chi connectivity index (χ1v) is 6.59. The third kappa shape index (κ3) is 1.42. The summed E-state index contributed by atoms with van der Waals surface area (Å²) >= 11 is 1.16. The molecule has 1 saturated carbocycles. The molecule has 0 radical (unpaired) electrons. The van der Waals surface area contributed by atoms with E-state index < -0.39 is 0 Å². The second-order valence-corrected chi connectivity index (χ2v) is 5.85. The van der Waals surface area contributed by atoms with E-state index in [0.717, 1.165) is 24.0 Å². The van der Waals surface area contributed by atoms with Crippen molar-refractivity contribution >= 4 is 27.8 Å². The highest BCUT2D eigenvalue weighted by Crippen LogP contribution is 2.41. The second-order valence-electron chi connectivity index (χ2n) is 4.80. The lowest BCUT2D eigenvalue weighted by molar-refractivity contribution is 0.112. The molecule has 2 aromatic rings. The van der Waals surface area contributed by atoms with Gasteiger partial charge in [0.25, 0.3) is 5.56 Å². The summed E-state index contributed by atoms with van der Waals surface area (Å²) in [5, 5.41) is 0.473. The maximum absolute atomic E-state index is 12.4. The van der Waals surface area contributed by atoms with Gasteiger partial charge in [-0.2, -0.15) is 0 Å². The number of thiophene rings is 1. The Balaban J connectivity index is 2.40. The minimum Gasteiger partial charge on any atom is -0.298 e. The van der Waals surface area contributed by atoms with Gasteiger partial charge in [0, 0.05) is 6.04 Å². The van der Waals surface area contributed by atoms with Gasteiger partial charge in [-0.3, -0.25) is 19.1 Å². The van der Waals surface area contributed by atoms with Crippen LogP contribution in [-0.2, 0) is 0 Å². The molecule has 3 rings (SSSR count). The fourth-order valence-corrected chi connectivity index (χ4v) is 3.33. The molecule has 2 heterocycles. The molecule has 2 aromatic heterocycles. The lowest BCUT2D eigenvalue weighted by atomic mass is 10.2. The van der Waals surface area contributed by atoms with E-state index >= 15 is 0 Å². The first-order valence-electron chi connectivity index (χ1n) is 5.77. The largest absolute Gasteiger partial charge is 0.329 e. The van der Waals surface area contributed by atoms with Crippen LogP contribution in [0.1, 0.15) is 34.6 Å². The van der Waals surface area contributed by atoms with Gasteiger partial charge in [-0.1, -0.05) is 6.92 Å². The quantitative estimate of drug-likeness (QED) is 0.834. The second kappa shape index (κ2) is 3.65. The van der Waals surface area contributed by atoms with E-state index in [1.165, 1.54) is 4.57 Å². The zero-order valence-corrected chi connectivity index (χ0v) is 10.8. The monoisotopic (exact) mass is 264 g/mol. The fourth-order valence-electron chi connectivity index (χ4n) is 2.32. The molecular formula is C12H12N2O3S. The summed E-state index contributed by atoms with van der Waals surface area (Å²) in [5.41, 5.74) is 0.0128. The molecule has 1 N–H and O–H groups in total. The van der Waals surface area contributed by atoms with E-state index in [-0.39, 0.29) is 17.3 Å². The number of H-pyrrole nitrogens is 1. The van der Waals surface area contributed by atoms with Gasteiger partial charge in [0.2, 0.25) is 0 Å². The Morgan fingerprint density at radius 2 is 2.11 bits per heavy atom. The van der Waals surface area contributed by atoms with Gasteiger partial charge in [0.15, 0.2) is 6.29 Å². The van der Waals surface area contributed by atoms with Crippen molar-refractivity contribution in [1.29, 1.82) is 0 Å². The number of fused-ring (bicyclic) bond motifs is 1. The van der Waals surface area contributed by atoms with E-state index in [9.17, 15) is 14.4 Å². The number of carbonyl (C=O) groups excluding carboxylic acids is 1. The summed E-state index contributed by atoms with van der Waals surface area (Å²) in [6.45, 7) is 3.75. The molecule has 2 atom stereocenters. The molecule has 6 heteroatoms. The molecule has 5 nitrogen and oxygen atoms in total. The highest BCUT2D eigenvalue weighted by atomic mass is 32.1. The lowest BCUT2D eigenvalue weighted by Gasteiger charge is -2.02. The number of aryl methyl sites for hydroxylation is 1. The zero-order chi connectivity index (χ0) is 13.0. The van der Waals surface area contributed by atoms with Gasteiger partial charge in [0.05, 0.1) is 10.3 Å². The molecule has 94 valence electrons. The molecule has 0 aromatic carbocycles. The van der Waals surface area contributed by atoms with Crippen molar-refractivity contribution in [3.8, 4) is 0 Å². The third-order valence-electron chi connectivity index (χ3n) is 3.56. The number of nitrogens with one attached hydrogen (secondary N) is 1. The van der Waals surface area contributed by atoms with Crippen LogP contribution in [0.15, 0.2) is 9.59 Å². The van der Waals surface area contributed by atoms with Crippen molar-refractivity contribution < 1.29 is 4.79 Å². The number of aromatic amines is 1. The highest BCUT2D eigenvalue weighted by molar-refractivity contribution is 7.20. The van der Waals surface area contributed by atoms with Crippen LogP contribution in [-0.4, -0.2) is 15.8 Å². The number of hydrogen-bond acceptors (Lipinski definition) is 4. The summed E-state index contributed by atoms with van der Waals surface area (Å²) in [4.78, 5) is 38.9. The van der Waals surface area contributed by atoms with Crippen LogP contribution in [0.3, 0.4) is 0 Å².